The van der Waals surface area contributed by atoms with E-state index in [0.717, 1.165) is 16.8 Å². The largest absolute Gasteiger partial charge is 0.343 e. The van der Waals surface area contributed by atoms with Crippen LogP contribution in [0.3, 0.4) is 0 Å². The summed E-state index contributed by atoms with van der Waals surface area (Å²) in [6.07, 6.45) is 5.45. The van der Waals surface area contributed by atoms with Crippen molar-refractivity contribution in [1.82, 2.24) is 30.4 Å². The molecule has 0 unspecified atom stereocenters. The number of hydrogen-bond donors (Lipinski definition) is 6. The summed E-state index contributed by atoms with van der Waals surface area (Å²) in [4.78, 5) is 72.0. The van der Waals surface area contributed by atoms with Gasteiger partial charge in [-0.25, -0.2) is 4.79 Å². The highest BCUT2D eigenvalue weighted by atomic mass is 16.2. The first kappa shape index (κ1) is 40.0. The molecular weight excluding hydrogens is 660 g/mol. The van der Waals surface area contributed by atoms with Gasteiger partial charge in [0.1, 0.15) is 18.1 Å². The Morgan fingerprint density at radius 1 is 0.808 bits per heavy atom. The van der Waals surface area contributed by atoms with Crippen molar-refractivity contribution in [3.8, 4) is 0 Å². The van der Waals surface area contributed by atoms with Crippen molar-refractivity contribution in [2.75, 3.05) is 19.6 Å². The quantitative estimate of drug-likeness (QED) is 0.108. The van der Waals surface area contributed by atoms with Gasteiger partial charge in [0.2, 0.25) is 23.6 Å². The summed E-state index contributed by atoms with van der Waals surface area (Å²) in [5, 5.41) is 8.70. The molecule has 52 heavy (non-hydrogen) atoms. The van der Waals surface area contributed by atoms with E-state index in [1.54, 1.807) is 15.7 Å². The first-order chi connectivity index (χ1) is 25.0. The number of rotatable bonds is 18. The third-order valence-electron chi connectivity index (χ3n) is 9.60. The van der Waals surface area contributed by atoms with Crippen LogP contribution in [-0.4, -0.2) is 81.9 Å². The molecule has 1 aliphatic heterocycles. The molecule has 4 amide bonds. The Kier molecular flexibility index (Phi) is 15.2. The SMILES string of the molecule is Cc1c[nH]c(=O)n1C1CCN(C(=O)[C@@H](CCCCN)NC(=O)[C@@H](CC(C)C)NC(=O)[C@@H](Cc2ccccc2)NC(=O)[C@H](N)Cc2ccccc2)CC1. The van der Waals surface area contributed by atoms with Gasteiger partial charge >= 0.3 is 5.69 Å². The van der Waals surface area contributed by atoms with Crippen LogP contribution in [-0.2, 0) is 32.0 Å². The van der Waals surface area contributed by atoms with Gasteiger partial charge in [0.15, 0.2) is 0 Å². The number of aryl methyl sites for hydroxylation is 1. The fourth-order valence-electron chi connectivity index (χ4n) is 6.78. The van der Waals surface area contributed by atoms with E-state index in [4.69, 9.17) is 11.5 Å². The number of nitrogens with two attached hydrogens (primary N) is 2. The Labute approximate surface area is 306 Å². The van der Waals surface area contributed by atoms with E-state index >= 15 is 0 Å². The maximum atomic E-state index is 14.0. The van der Waals surface area contributed by atoms with Gasteiger partial charge in [-0.15, -0.1) is 0 Å². The highest BCUT2D eigenvalue weighted by Gasteiger charge is 2.34. The number of amides is 4. The number of nitrogens with zero attached hydrogens (tertiary/aromatic N) is 2. The summed E-state index contributed by atoms with van der Waals surface area (Å²) in [5.74, 6) is -1.63. The molecule has 13 nitrogen and oxygen atoms in total. The van der Waals surface area contributed by atoms with Gasteiger partial charge < -0.3 is 37.3 Å². The highest BCUT2D eigenvalue weighted by Crippen LogP contribution is 2.23. The molecular formula is C39H56N8O5. The second-order valence-electron chi connectivity index (χ2n) is 14.2. The number of benzene rings is 2. The van der Waals surface area contributed by atoms with E-state index in [1.807, 2.05) is 81.4 Å². The number of H-pyrrole nitrogens is 1. The third-order valence-corrected chi connectivity index (χ3v) is 9.60. The average molecular weight is 717 g/mol. The van der Waals surface area contributed by atoms with Crippen LogP contribution in [0.5, 0.6) is 0 Å². The predicted molar refractivity (Wildman–Crippen MR) is 201 cm³/mol. The van der Waals surface area contributed by atoms with E-state index < -0.39 is 41.9 Å². The van der Waals surface area contributed by atoms with Crippen molar-refractivity contribution in [1.29, 1.82) is 0 Å². The molecule has 8 N–H and O–H groups in total. The fourth-order valence-corrected chi connectivity index (χ4v) is 6.78. The van der Waals surface area contributed by atoms with Crippen molar-refractivity contribution in [3.05, 3.63) is 94.2 Å². The monoisotopic (exact) mass is 716 g/mol. The van der Waals surface area contributed by atoms with Crippen molar-refractivity contribution in [2.24, 2.45) is 17.4 Å². The molecule has 1 aromatic heterocycles. The van der Waals surface area contributed by atoms with E-state index in [1.165, 1.54) is 0 Å². The van der Waals surface area contributed by atoms with Crippen LogP contribution in [0.4, 0.5) is 0 Å². The molecule has 2 heterocycles. The number of imidazole rings is 1. The molecule has 1 fully saturated rings. The Balaban J connectivity index is 1.46. The molecule has 4 rings (SSSR count). The minimum atomic E-state index is -1.00. The van der Waals surface area contributed by atoms with Crippen LogP contribution in [0.15, 0.2) is 71.7 Å². The summed E-state index contributed by atoms with van der Waals surface area (Å²) in [5.41, 5.74) is 14.4. The summed E-state index contributed by atoms with van der Waals surface area (Å²) in [6.45, 7) is 7.13. The summed E-state index contributed by atoms with van der Waals surface area (Å²) in [6, 6.07) is 15.0. The minimum absolute atomic E-state index is 0.0177. The number of carbonyl (C=O) groups excluding carboxylic acids is 4. The van der Waals surface area contributed by atoms with Crippen molar-refractivity contribution in [3.63, 3.8) is 0 Å². The number of hydrogen-bond acceptors (Lipinski definition) is 7. The second kappa shape index (κ2) is 19.7. The lowest BCUT2D eigenvalue weighted by molar-refractivity contribution is -0.139. The van der Waals surface area contributed by atoms with Crippen molar-refractivity contribution < 1.29 is 19.2 Å². The van der Waals surface area contributed by atoms with Gasteiger partial charge in [-0.1, -0.05) is 74.5 Å². The van der Waals surface area contributed by atoms with E-state index in [2.05, 4.69) is 20.9 Å². The summed E-state index contributed by atoms with van der Waals surface area (Å²) in [7, 11) is 0. The molecule has 282 valence electrons. The lowest BCUT2D eigenvalue weighted by Crippen LogP contribution is -2.59. The standard InChI is InChI=1S/C39H56N8O5/c1-26(2)22-33(45-37(50)34(24-29-14-8-5-9-15-29)44-35(48)31(41)23-28-12-6-4-7-13-28)36(49)43-32(16-10-11-19-40)38(51)46-20-17-30(18-21-46)47-27(3)25-42-39(47)52/h4-9,12-15,25-26,30-34H,10-11,16-24,40-41H2,1-3H3,(H,42,52)(H,43,49)(H,44,48)(H,45,50)/t31-,32-,33-,34-/m1/s1. The average Bonchev–Trinajstić information content (AvgIpc) is 3.47. The maximum absolute atomic E-state index is 14.0. The Morgan fingerprint density at radius 2 is 1.37 bits per heavy atom. The van der Waals surface area contributed by atoms with Crippen molar-refractivity contribution in [2.45, 2.75) is 102 Å². The van der Waals surface area contributed by atoms with Crippen molar-refractivity contribution >= 4 is 23.6 Å². The Morgan fingerprint density at radius 3 is 1.92 bits per heavy atom. The van der Waals surface area contributed by atoms with Crippen LogP contribution in [0, 0.1) is 12.8 Å². The fraction of sp³-hybridized carbons (Fsp3) is 0.513. The molecule has 2 aromatic carbocycles. The lowest BCUT2D eigenvalue weighted by Gasteiger charge is -2.35. The zero-order valence-corrected chi connectivity index (χ0v) is 30.7. The Bertz CT molecular complexity index is 1650. The number of aromatic amines is 1. The van der Waals surface area contributed by atoms with Gasteiger partial charge in [0.05, 0.1) is 6.04 Å². The zero-order valence-electron chi connectivity index (χ0n) is 30.7. The third kappa shape index (κ3) is 11.6. The molecule has 13 heteroatoms. The summed E-state index contributed by atoms with van der Waals surface area (Å²) < 4.78 is 1.74. The first-order valence-corrected chi connectivity index (χ1v) is 18.5. The number of likely N-dealkylation sites (tertiary alicyclic amines) is 1. The van der Waals surface area contributed by atoms with Gasteiger partial charge in [-0.2, -0.15) is 0 Å². The molecule has 4 atom stereocenters. The number of aromatic nitrogens is 2. The van der Waals surface area contributed by atoms with Crippen LogP contribution in [0.25, 0.3) is 0 Å². The van der Waals surface area contributed by atoms with Gasteiger partial charge in [-0.05, 0) is 75.5 Å². The molecule has 0 saturated carbocycles. The lowest BCUT2D eigenvalue weighted by atomic mass is 9.99. The molecule has 0 radical (unpaired) electrons. The van der Waals surface area contributed by atoms with Gasteiger partial charge in [0.25, 0.3) is 0 Å². The van der Waals surface area contributed by atoms with E-state index in [-0.39, 0.29) is 30.0 Å². The van der Waals surface area contributed by atoms with E-state index in [9.17, 15) is 24.0 Å². The first-order valence-electron chi connectivity index (χ1n) is 18.5. The zero-order chi connectivity index (χ0) is 37.6. The van der Waals surface area contributed by atoms with Gasteiger partial charge in [-0.3, -0.25) is 23.7 Å². The molecule has 1 saturated heterocycles. The Hall–Kier alpha value is -4.75. The van der Waals surface area contributed by atoms with Crippen LogP contribution in [0.1, 0.15) is 75.2 Å². The van der Waals surface area contributed by atoms with Crippen LogP contribution >= 0.6 is 0 Å². The van der Waals surface area contributed by atoms with Crippen LogP contribution in [0.2, 0.25) is 0 Å². The number of unbranched alkanes of at least 4 members (excludes halogenated alkanes) is 1. The topological polar surface area (TPSA) is 197 Å². The molecule has 0 spiro atoms. The molecule has 0 aliphatic carbocycles. The maximum Gasteiger partial charge on any atom is 0.325 e. The summed E-state index contributed by atoms with van der Waals surface area (Å²) >= 11 is 0. The van der Waals surface area contributed by atoms with Gasteiger partial charge in [0, 0.05) is 37.4 Å². The highest BCUT2D eigenvalue weighted by molar-refractivity contribution is 5.95. The number of nitrogens with one attached hydrogen (secondary N) is 4. The smallest absolute Gasteiger partial charge is 0.325 e. The number of piperidine rings is 1. The van der Waals surface area contributed by atoms with Crippen LogP contribution < -0.4 is 33.1 Å². The number of carbonyl (C=O) groups is 4. The molecule has 1 aliphatic rings. The normalized spacial score (nSPS) is 15.8. The molecule has 0 bridgehead atoms. The van der Waals surface area contributed by atoms with E-state index in [0.29, 0.717) is 64.6 Å². The predicted octanol–water partition coefficient (Wildman–Crippen LogP) is 2.09. The second-order valence-corrected chi connectivity index (χ2v) is 14.2. The minimum Gasteiger partial charge on any atom is -0.343 e. The molecule has 3 aromatic rings.